The molecule has 2 rings (SSSR count). The van der Waals surface area contributed by atoms with Crippen molar-refractivity contribution in [3.63, 3.8) is 0 Å². The van der Waals surface area contributed by atoms with Gasteiger partial charge in [-0.3, -0.25) is 4.98 Å². The van der Waals surface area contributed by atoms with Gasteiger partial charge >= 0.3 is 0 Å². The van der Waals surface area contributed by atoms with Crippen molar-refractivity contribution in [2.75, 3.05) is 39.3 Å². The van der Waals surface area contributed by atoms with Gasteiger partial charge in [0.15, 0.2) is 0 Å². The Morgan fingerprint density at radius 3 is 2.79 bits per heavy atom. The molecule has 2 N–H and O–H groups in total. The third-order valence-electron chi connectivity index (χ3n) is 2.74. The van der Waals surface area contributed by atoms with Crippen LogP contribution in [0.4, 0.5) is 5.69 Å². The Morgan fingerprint density at radius 2 is 1.95 bits per heavy atom. The van der Waals surface area contributed by atoms with Crippen LogP contribution >= 0.6 is 0 Å². The number of nitrogens with zero attached hydrogens (tertiary/aromatic N) is 1. The molecule has 0 radical (unpaired) electrons. The normalized spacial score (nSPS) is 10.8. The van der Waals surface area contributed by atoms with E-state index in [-0.39, 0.29) is 0 Å². The van der Waals surface area contributed by atoms with Crippen molar-refractivity contribution < 1.29 is 14.2 Å². The van der Waals surface area contributed by atoms with Crippen molar-refractivity contribution in [1.29, 1.82) is 0 Å². The molecule has 0 atom stereocenters. The van der Waals surface area contributed by atoms with Crippen molar-refractivity contribution in [2.24, 2.45) is 0 Å². The third-order valence-corrected chi connectivity index (χ3v) is 2.74. The van der Waals surface area contributed by atoms with Gasteiger partial charge in [0.1, 0.15) is 12.4 Å². The molecule has 0 aliphatic carbocycles. The number of methoxy groups -OCH3 is 1. The van der Waals surface area contributed by atoms with Crippen LogP contribution in [0.1, 0.15) is 0 Å². The first kappa shape index (κ1) is 13.6. The second-order valence-corrected chi connectivity index (χ2v) is 4.03. The van der Waals surface area contributed by atoms with Crippen LogP contribution in [0.25, 0.3) is 10.8 Å². The average Bonchev–Trinajstić information content (AvgIpc) is 2.45. The molecule has 0 aliphatic rings. The second-order valence-electron chi connectivity index (χ2n) is 4.03. The van der Waals surface area contributed by atoms with Crippen LogP contribution in [0.2, 0.25) is 0 Å². The number of fused-ring (bicyclic) bond motifs is 1. The van der Waals surface area contributed by atoms with Gasteiger partial charge in [-0.2, -0.15) is 0 Å². The summed E-state index contributed by atoms with van der Waals surface area (Å²) in [6.45, 7) is 2.13. The summed E-state index contributed by atoms with van der Waals surface area (Å²) in [5.41, 5.74) is 6.70. The lowest BCUT2D eigenvalue weighted by atomic mass is 10.1. The van der Waals surface area contributed by atoms with Gasteiger partial charge in [-0.25, -0.2) is 0 Å². The largest absolute Gasteiger partial charge is 0.489 e. The number of nitrogens with two attached hydrogens (primary N) is 1. The van der Waals surface area contributed by atoms with Crippen molar-refractivity contribution in [3.05, 3.63) is 30.6 Å². The average molecular weight is 262 g/mol. The zero-order valence-corrected chi connectivity index (χ0v) is 11.0. The lowest BCUT2D eigenvalue weighted by Gasteiger charge is -2.11. The summed E-state index contributed by atoms with van der Waals surface area (Å²) in [6.07, 6.45) is 3.50. The van der Waals surface area contributed by atoms with Crippen LogP contribution in [0.15, 0.2) is 30.6 Å². The lowest BCUT2D eigenvalue weighted by molar-refractivity contribution is 0.0545. The third kappa shape index (κ3) is 3.56. The molecule has 0 aliphatic heterocycles. The van der Waals surface area contributed by atoms with Gasteiger partial charge in [0.05, 0.1) is 25.5 Å². The van der Waals surface area contributed by atoms with Gasteiger partial charge in [-0.15, -0.1) is 0 Å². The highest BCUT2D eigenvalue weighted by Crippen LogP contribution is 2.29. The number of pyridine rings is 1. The summed E-state index contributed by atoms with van der Waals surface area (Å²) >= 11 is 0. The minimum Gasteiger partial charge on any atom is -0.489 e. The summed E-state index contributed by atoms with van der Waals surface area (Å²) in [6, 6.07) is 5.68. The van der Waals surface area contributed by atoms with Gasteiger partial charge < -0.3 is 19.9 Å². The van der Waals surface area contributed by atoms with Crippen molar-refractivity contribution in [2.45, 2.75) is 0 Å². The first-order chi connectivity index (χ1) is 9.33. The Labute approximate surface area is 112 Å². The van der Waals surface area contributed by atoms with Crippen LogP contribution in [0, 0.1) is 0 Å². The van der Waals surface area contributed by atoms with Crippen LogP contribution in [-0.2, 0) is 9.47 Å². The van der Waals surface area contributed by atoms with E-state index in [2.05, 4.69) is 4.98 Å². The SMILES string of the molecule is COCCOCCOc1ccc2cnccc2c1N. The summed E-state index contributed by atoms with van der Waals surface area (Å²) in [5, 5.41) is 1.96. The zero-order valence-electron chi connectivity index (χ0n) is 11.0. The standard InChI is InChI=1S/C14H18N2O3/c1-17-6-7-18-8-9-19-13-3-2-11-10-16-5-4-12(11)14(13)15/h2-5,10H,6-9,15H2,1H3. The highest BCUT2D eigenvalue weighted by Gasteiger charge is 2.05. The van der Waals surface area contributed by atoms with Gasteiger partial charge in [-0.1, -0.05) is 0 Å². The quantitative estimate of drug-likeness (QED) is 0.609. The topological polar surface area (TPSA) is 66.6 Å². The number of nitrogen functional groups attached to an aromatic ring is 1. The van der Waals surface area contributed by atoms with Crippen molar-refractivity contribution in [3.8, 4) is 5.75 Å². The number of hydrogen-bond acceptors (Lipinski definition) is 5. The highest BCUT2D eigenvalue weighted by molar-refractivity contribution is 5.95. The molecule has 0 amide bonds. The van der Waals surface area contributed by atoms with E-state index in [0.29, 0.717) is 37.9 Å². The molecule has 1 heterocycles. The number of aromatic nitrogens is 1. The summed E-state index contributed by atoms with van der Waals surface area (Å²) < 4.78 is 15.8. The first-order valence-corrected chi connectivity index (χ1v) is 6.14. The minimum atomic E-state index is 0.463. The number of anilines is 1. The molecule has 0 spiro atoms. The predicted molar refractivity (Wildman–Crippen MR) is 74.3 cm³/mol. The van der Waals surface area contributed by atoms with Gasteiger partial charge in [0, 0.05) is 30.3 Å². The van der Waals surface area contributed by atoms with E-state index in [1.807, 2.05) is 18.2 Å². The van der Waals surface area contributed by atoms with Crippen molar-refractivity contribution >= 4 is 16.5 Å². The zero-order chi connectivity index (χ0) is 13.5. The molecule has 0 saturated carbocycles. The molecule has 5 heteroatoms. The maximum Gasteiger partial charge on any atom is 0.142 e. The fourth-order valence-electron chi connectivity index (χ4n) is 1.75. The Balaban J connectivity index is 1.92. The molecule has 2 aromatic rings. The Hall–Kier alpha value is -1.85. The van der Waals surface area contributed by atoms with E-state index in [9.17, 15) is 0 Å². The second kappa shape index (κ2) is 6.92. The number of ether oxygens (including phenoxy) is 3. The smallest absolute Gasteiger partial charge is 0.142 e. The lowest BCUT2D eigenvalue weighted by Crippen LogP contribution is -2.10. The molecule has 1 aromatic carbocycles. The van der Waals surface area contributed by atoms with E-state index in [1.54, 1.807) is 19.5 Å². The van der Waals surface area contributed by atoms with Crippen LogP contribution in [0.3, 0.4) is 0 Å². The molecule has 0 unspecified atom stereocenters. The van der Waals surface area contributed by atoms with E-state index in [1.165, 1.54) is 0 Å². The van der Waals surface area contributed by atoms with Crippen molar-refractivity contribution in [1.82, 2.24) is 4.98 Å². The van der Waals surface area contributed by atoms with E-state index in [0.717, 1.165) is 10.8 Å². The molecule has 19 heavy (non-hydrogen) atoms. The predicted octanol–water partition coefficient (Wildman–Crippen LogP) is 1.86. The summed E-state index contributed by atoms with van der Waals surface area (Å²) in [4.78, 5) is 4.06. The molecule has 5 nitrogen and oxygen atoms in total. The number of rotatable bonds is 7. The van der Waals surface area contributed by atoms with E-state index in [4.69, 9.17) is 19.9 Å². The fraction of sp³-hybridized carbons (Fsp3) is 0.357. The maximum atomic E-state index is 6.07. The number of hydrogen-bond donors (Lipinski definition) is 1. The summed E-state index contributed by atoms with van der Waals surface area (Å²) in [7, 11) is 1.64. The molecule has 0 bridgehead atoms. The van der Waals surface area contributed by atoms with E-state index < -0.39 is 0 Å². The van der Waals surface area contributed by atoms with E-state index >= 15 is 0 Å². The highest BCUT2D eigenvalue weighted by atomic mass is 16.5. The Kier molecular flexibility index (Phi) is 4.94. The molecule has 102 valence electrons. The van der Waals surface area contributed by atoms with Crippen LogP contribution in [-0.4, -0.2) is 38.5 Å². The van der Waals surface area contributed by atoms with Gasteiger partial charge in [-0.05, 0) is 18.2 Å². The Morgan fingerprint density at radius 1 is 1.11 bits per heavy atom. The molecule has 1 aromatic heterocycles. The molecular formula is C14H18N2O3. The number of benzene rings is 1. The molecule has 0 fully saturated rings. The molecular weight excluding hydrogens is 244 g/mol. The maximum absolute atomic E-state index is 6.07. The molecule has 0 saturated heterocycles. The van der Waals surface area contributed by atoms with Gasteiger partial charge in [0.2, 0.25) is 0 Å². The monoisotopic (exact) mass is 262 g/mol. The van der Waals surface area contributed by atoms with Crippen LogP contribution in [0.5, 0.6) is 5.75 Å². The van der Waals surface area contributed by atoms with Gasteiger partial charge in [0.25, 0.3) is 0 Å². The Bertz CT molecular complexity index is 531. The summed E-state index contributed by atoms with van der Waals surface area (Å²) in [5.74, 6) is 0.675. The van der Waals surface area contributed by atoms with Crippen LogP contribution < -0.4 is 10.5 Å². The fourth-order valence-corrected chi connectivity index (χ4v) is 1.75. The minimum absolute atomic E-state index is 0.463. The first-order valence-electron chi connectivity index (χ1n) is 6.14.